The van der Waals surface area contributed by atoms with Gasteiger partial charge >= 0.3 is 0 Å². The molecule has 0 aliphatic carbocycles. The van der Waals surface area contributed by atoms with Crippen LogP contribution in [0.4, 0.5) is 5.82 Å². The standard InChI is InChI=1S/C12H17N5O2/c1-9(7-13)16-3-5-17(6-4-16)11-10(19-2)12(18)15-8-14-11/h8-9H,3-6H2,1-2H3,(H,14,15,18). The van der Waals surface area contributed by atoms with Gasteiger partial charge in [0.05, 0.1) is 25.5 Å². The van der Waals surface area contributed by atoms with E-state index in [-0.39, 0.29) is 17.4 Å². The van der Waals surface area contributed by atoms with E-state index in [1.807, 2.05) is 11.8 Å². The number of piperazine rings is 1. The van der Waals surface area contributed by atoms with Crippen molar-refractivity contribution < 1.29 is 4.74 Å². The van der Waals surface area contributed by atoms with E-state index in [0.717, 1.165) is 26.2 Å². The molecule has 0 bridgehead atoms. The summed E-state index contributed by atoms with van der Waals surface area (Å²) in [6, 6.07) is 2.15. The Morgan fingerprint density at radius 2 is 2.16 bits per heavy atom. The second kappa shape index (κ2) is 5.71. The molecule has 7 nitrogen and oxygen atoms in total. The lowest BCUT2D eigenvalue weighted by molar-refractivity contribution is 0.230. The molecule has 1 fully saturated rings. The predicted octanol–water partition coefficient (Wildman–Crippen LogP) is -0.187. The highest BCUT2D eigenvalue weighted by atomic mass is 16.5. The molecule has 1 aliphatic heterocycles. The van der Waals surface area contributed by atoms with Crippen LogP contribution in [0.2, 0.25) is 0 Å². The summed E-state index contributed by atoms with van der Waals surface area (Å²) >= 11 is 0. The number of H-pyrrole nitrogens is 1. The van der Waals surface area contributed by atoms with Crippen molar-refractivity contribution in [1.29, 1.82) is 5.26 Å². The van der Waals surface area contributed by atoms with E-state index >= 15 is 0 Å². The van der Waals surface area contributed by atoms with Crippen LogP contribution in [0, 0.1) is 11.3 Å². The first kappa shape index (κ1) is 13.4. The molecule has 19 heavy (non-hydrogen) atoms. The van der Waals surface area contributed by atoms with Gasteiger partial charge in [0.2, 0.25) is 5.75 Å². The molecule has 0 spiro atoms. The topological polar surface area (TPSA) is 85.2 Å². The maximum absolute atomic E-state index is 11.6. The van der Waals surface area contributed by atoms with Crippen molar-refractivity contribution in [2.45, 2.75) is 13.0 Å². The summed E-state index contributed by atoms with van der Waals surface area (Å²) in [5.41, 5.74) is -0.277. The summed E-state index contributed by atoms with van der Waals surface area (Å²) in [5.74, 6) is 0.805. The van der Waals surface area contributed by atoms with Crippen LogP contribution in [0.15, 0.2) is 11.1 Å². The zero-order valence-corrected chi connectivity index (χ0v) is 11.1. The van der Waals surface area contributed by atoms with Crippen molar-refractivity contribution in [2.24, 2.45) is 0 Å². The molecule has 0 amide bonds. The lowest BCUT2D eigenvalue weighted by atomic mass is 10.2. The highest BCUT2D eigenvalue weighted by Crippen LogP contribution is 2.21. The SMILES string of the molecule is COc1c(N2CCN(C(C)C#N)CC2)nc[nH]c1=O. The minimum atomic E-state index is -0.277. The van der Waals surface area contributed by atoms with Crippen LogP contribution in [-0.2, 0) is 0 Å². The average Bonchev–Trinajstić information content (AvgIpc) is 2.46. The highest BCUT2D eigenvalue weighted by Gasteiger charge is 2.24. The average molecular weight is 263 g/mol. The number of nitriles is 1. The zero-order valence-electron chi connectivity index (χ0n) is 11.1. The molecular formula is C12H17N5O2. The van der Waals surface area contributed by atoms with Gasteiger partial charge in [-0.25, -0.2) is 4.98 Å². The zero-order chi connectivity index (χ0) is 13.8. The molecule has 1 N–H and O–H groups in total. The summed E-state index contributed by atoms with van der Waals surface area (Å²) in [6.07, 6.45) is 1.38. The van der Waals surface area contributed by atoms with Crippen LogP contribution in [0.1, 0.15) is 6.92 Å². The van der Waals surface area contributed by atoms with Gasteiger partial charge < -0.3 is 14.6 Å². The van der Waals surface area contributed by atoms with Gasteiger partial charge in [-0.05, 0) is 6.92 Å². The van der Waals surface area contributed by atoms with Gasteiger partial charge in [-0.1, -0.05) is 0 Å². The Bertz CT molecular complexity index is 528. The van der Waals surface area contributed by atoms with Crippen LogP contribution in [-0.4, -0.2) is 54.2 Å². The number of anilines is 1. The van der Waals surface area contributed by atoms with Crippen molar-refractivity contribution >= 4 is 5.82 Å². The molecule has 1 aliphatic rings. The van der Waals surface area contributed by atoms with Crippen molar-refractivity contribution in [3.8, 4) is 11.8 Å². The number of ether oxygens (including phenoxy) is 1. The molecule has 1 aromatic rings. The monoisotopic (exact) mass is 263 g/mol. The minimum absolute atomic E-state index is 0.0869. The van der Waals surface area contributed by atoms with Crippen molar-refractivity contribution in [3.05, 3.63) is 16.7 Å². The van der Waals surface area contributed by atoms with E-state index in [1.54, 1.807) is 0 Å². The maximum atomic E-state index is 11.6. The molecule has 1 aromatic heterocycles. The normalized spacial score (nSPS) is 17.8. The third kappa shape index (κ3) is 2.69. The Hall–Kier alpha value is -2.07. The van der Waals surface area contributed by atoms with E-state index in [1.165, 1.54) is 13.4 Å². The Morgan fingerprint density at radius 1 is 1.47 bits per heavy atom. The lowest BCUT2D eigenvalue weighted by Crippen LogP contribution is -2.49. The van der Waals surface area contributed by atoms with Crippen LogP contribution in [0.3, 0.4) is 0 Å². The second-order valence-corrected chi connectivity index (χ2v) is 4.42. The van der Waals surface area contributed by atoms with Crippen LogP contribution in [0.25, 0.3) is 0 Å². The maximum Gasteiger partial charge on any atom is 0.295 e. The molecule has 7 heteroatoms. The molecule has 2 heterocycles. The van der Waals surface area contributed by atoms with Gasteiger partial charge in [-0.3, -0.25) is 9.69 Å². The van der Waals surface area contributed by atoms with Crippen LogP contribution in [0.5, 0.6) is 5.75 Å². The third-order valence-electron chi connectivity index (χ3n) is 3.34. The van der Waals surface area contributed by atoms with Crippen LogP contribution >= 0.6 is 0 Å². The Balaban J connectivity index is 2.12. The van der Waals surface area contributed by atoms with Crippen LogP contribution < -0.4 is 15.2 Å². The van der Waals surface area contributed by atoms with Crippen molar-refractivity contribution in [2.75, 3.05) is 38.2 Å². The quantitative estimate of drug-likeness (QED) is 0.813. The van der Waals surface area contributed by atoms with E-state index in [9.17, 15) is 4.79 Å². The Labute approximate surface area is 111 Å². The van der Waals surface area contributed by atoms with E-state index < -0.39 is 0 Å². The number of methoxy groups -OCH3 is 1. The number of rotatable bonds is 3. The fraction of sp³-hybridized carbons (Fsp3) is 0.583. The number of aromatic nitrogens is 2. The smallest absolute Gasteiger partial charge is 0.295 e. The first-order chi connectivity index (χ1) is 9.17. The second-order valence-electron chi connectivity index (χ2n) is 4.42. The van der Waals surface area contributed by atoms with Crippen molar-refractivity contribution in [1.82, 2.24) is 14.9 Å². The van der Waals surface area contributed by atoms with Gasteiger partial charge in [0, 0.05) is 26.2 Å². The van der Waals surface area contributed by atoms with Gasteiger partial charge in [-0.15, -0.1) is 0 Å². The highest BCUT2D eigenvalue weighted by molar-refractivity contribution is 5.51. The van der Waals surface area contributed by atoms with Crippen molar-refractivity contribution in [3.63, 3.8) is 0 Å². The summed E-state index contributed by atoms with van der Waals surface area (Å²) < 4.78 is 5.11. The van der Waals surface area contributed by atoms with Gasteiger partial charge in [0.25, 0.3) is 5.56 Å². The van der Waals surface area contributed by atoms with Gasteiger partial charge in [0.1, 0.15) is 0 Å². The molecule has 0 saturated carbocycles. The molecule has 1 atom stereocenters. The number of hydrogen-bond acceptors (Lipinski definition) is 6. The number of nitrogens with one attached hydrogen (secondary N) is 1. The van der Waals surface area contributed by atoms with Gasteiger partial charge in [0.15, 0.2) is 5.82 Å². The minimum Gasteiger partial charge on any atom is -0.489 e. The first-order valence-corrected chi connectivity index (χ1v) is 6.17. The lowest BCUT2D eigenvalue weighted by Gasteiger charge is -2.36. The summed E-state index contributed by atoms with van der Waals surface area (Å²) in [4.78, 5) is 22.4. The predicted molar refractivity (Wildman–Crippen MR) is 70.3 cm³/mol. The fourth-order valence-electron chi connectivity index (χ4n) is 2.19. The molecule has 2 rings (SSSR count). The largest absolute Gasteiger partial charge is 0.489 e. The van der Waals surface area contributed by atoms with E-state index in [2.05, 4.69) is 20.9 Å². The molecule has 1 unspecified atom stereocenters. The number of aromatic amines is 1. The Kier molecular flexibility index (Phi) is 4.02. The molecule has 102 valence electrons. The molecular weight excluding hydrogens is 246 g/mol. The molecule has 1 saturated heterocycles. The van der Waals surface area contributed by atoms with E-state index in [0.29, 0.717) is 5.82 Å². The summed E-state index contributed by atoms with van der Waals surface area (Å²) in [6.45, 7) is 4.87. The van der Waals surface area contributed by atoms with Gasteiger partial charge in [-0.2, -0.15) is 5.26 Å². The summed E-state index contributed by atoms with van der Waals surface area (Å²) in [7, 11) is 1.46. The number of hydrogen-bond donors (Lipinski definition) is 1. The molecule has 0 aromatic carbocycles. The number of nitrogens with zero attached hydrogens (tertiary/aromatic N) is 4. The van der Waals surface area contributed by atoms with E-state index in [4.69, 9.17) is 10.00 Å². The Morgan fingerprint density at radius 3 is 2.74 bits per heavy atom. The first-order valence-electron chi connectivity index (χ1n) is 6.17. The third-order valence-corrected chi connectivity index (χ3v) is 3.34. The summed E-state index contributed by atoms with van der Waals surface area (Å²) in [5, 5.41) is 8.91. The fourth-order valence-corrected chi connectivity index (χ4v) is 2.19. The molecule has 0 radical (unpaired) electrons.